The Bertz CT molecular complexity index is 1000. The van der Waals surface area contributed by atoms with Crippen LogP contribution in [-0.2, 0) is 9.59 Å². The van der Waals surface area contributed by atoms with E-state index < -0.39 is 11.9 Å². The van der Waals surface area contributed by atoms with E-state index in [1.807, 2.05) is 24.3 Å². The topological polar surface area (TPSA) is 74.6 Å². The van der Waals surface area contributed by atoms with Crippen molar-refractivity contribution in [2.45, 2.75) is 13.8 Å². The number of aliphatic carboxylic acids is 2. The van der Waals surface area contributed by atoms with Crippen molar-refractivity contribution in [2.75, 3.05) is 0 Å². The van der Waals surface area contributed by atoms with Crippen molar-refractivity contribution >= 4 is 11.9 Å². The lowest BCUT2D eigenvalue weighted by molar-refractivity contribution is -0.133. The molecule has 4 heteroatoms. The fourth-order valence-electron chi connectivity index (χ4n) is 2.52. The van der Waals surface area contributed by atoms with Crippen molar-refractivity contribution in [1.82, 2.24) is 0 Å². The summed E-state index contributed by atoms with van der Waals surface area (Å²) in [6.45, 7) is 9.20. The van der Waals surface area contributed by atoms with Gasteiger partial charge in [0.15, 0.2) is 0 Å². The smallest absolute Gasteiger partial charge is 0.330 e. The van der Waals surface area contributed by atoms with Crippen LogP contribution in [0.25, 0.3) is 22.3 Å². The van der Waals surface area contributed by atoms with E-state index >= 15 is 0 Å². The molecule has 36 heavy (non-hydrogen) atoms. The summed E-state index contributed by atoms with van der Waals surface area (Å²) in [5.41, 5.74) is 5.46. The van der Waals surface area contributed by atoms with E-state index in [1.165, 1.54) is 36.1 Å². The van der Waals surface area contributed by atoms with Gasteiger partial charge in [-0.05, 0) is 36.1 Å². The molecule has 0 unspecified atom stereocenters. The van der Waals surface area contributed by atoms with Gasteiger partial charge < -0.3 is 10.2 Å². The maximum atomic E-state index is 9.60. The molecular formula is C32H32O4. The van der Waals surface area contributed by atoms with Crippen molar-refractivity contribution in [3.05, 3.63) is 146 Å². The number of carbonyl (C=O) groups is 2. The predicted molar refractivity (Wildman–Crippen MR) is 149 cm³/mol. The van der Waals surface area contributed by atoms with E-state index in [1.54, 1.807) is 0 Å². The Balaban J connectivity index is 0.000000255. The van der Waals surface area contributed by atoms with Crippen LogP contribution in [0.2, 0.25) is 0 Å². The van der Waals surface area contributed by atoms with Crippen molar-refractivity contribution in [3.63, 3.8) is 0 Å². The van der Waals surface area contributed by atoms with Gasteiger partial charge in [0.25, 0.3) is 0 Å². The lowest BCUT2D eigenvalue weighted by Gasteiger charge is -1.98. The van der Waals surface area contributed by atoms with Crippen molar-refractivity contribution in [3.8, 4) is 22.3 Å². The summed E-state index contributed by atoms with van der Waals surface area (Å²) in [5.74, 6) is -1.87. The van der Waals surface area contributed by atoms with Gasteiger partial charge in [0, 0.05) is 11.1 Å². The standard InChI is InChI=1S/2C12H10.2C4H6O2/c2*1-3-7-11(8-4-1)12-9-5-2-6-10-12;2*1-3(2)4(5)6/h2*1-10H;2*1H2,2H3,(H,5,6). The Kier molecular flexibility index (Phi) is 13.7. The highest BCUT2D eigenvalue weighted by Gasteiger charge is 1.93. The Morgan fingerprint density at radius 1 is 0.444 bits per heavy atom. The first-order valence-corrected chi connectivity index (χ1v) is 11.2. The molecule has 4 aromatic rings. The number of rotatable bonds is 4. The quantitative estimate of drug-likeness (QED) is 0.290. The monoisotopic (exact) mass is 480 g/mol. The molecule has 0 saturated heterocycles. The van der Waals surface area contributed by atoms with Gasteiger partial charge in [-0.1, -0.05) is 134 Å². The number of carboxylic acids is 2. The van der Waals surface area contributed by atoms with E-state index in [2.05, 4.69) is 110 Å². The molecule has 0 radical (unpaired) electrons. The maximum Gasteiger partial charge on any atom is 0.330 e. The average molecular weight is 481 g/mol. The van der Waals surface area contributed by atoms with Crippen LogP contribution in [-0.4, -0.2) is 22.2 Å². The molecule has 0 fully saturated rings. The second-order valence-corrected chi connectivity index (χ2v) is 7.64. The molecule has 0 amide bonds. The van der Waals surface area contributed by atoms with Gasteiger partial charge in [0.2, 0.25) is 0 Å². The molecule has 4 rings (SSSR count). The highest BCUT2D eigenvalue weighted by Crippen LogP contribution is 2.18. The molecule has 0 spiro atoms. The van der Waals surface area contributed by atoms with Gasteiger partial charge in [-0.2, -0.15) is 0 Å². The third kappa shape index (κ3) is 12.5. The largest absolute Gasteiger partial charge is 0.478 e. The van der Waals surface area contributed by atoms with Crippen LogP contribution in [0.4, 0.5) is 0 Å². The second kappa shape index (κ2) is 16.8. The molecule has 0 saturated carbocycles. The minimum Gasteiger partial charge on any atom is -0.478 e. The maximum absolute atomic E-state index is 9.60. The summed E-state index contributed by atoms with van der Waals surface area (Å²) in [6, 6.07) is 41.6. The highest BCUT2D eigenvalue weighted by molar-refractivity contribution is 5.85. The molecule has 0 aliphatic carbocycles. The zero-order chi connectivity index (χ0) is 26.8. The summed E-state index contributed by atoms with van der Waals surface area (Å²) in [5, 5.41) is 15.8. The van der Waals surface area contributed by atoms with Gasteiger partial charge in [-0.3, -0.25) is 0 Å². The van der Waals surface area contributed by atoms with Crippen LogP contribution in [0.1, 0.15) is 13.8 Å². The third-order valence-electron chi connectivity index (χ3n) is 4.49. The molecule has 0 bridgehead atoms. The number of hydrogen-bond acceptors (Lipinski definition) is 2. The van der Waals surface area contributed by atoms with Gasteiger partial charge in [0.1, 0.15) is 0 Å². The number of carboxylic acid groups (broad SMARTS) is 2. The van der Waals surface area contributed by atoms with Crippen LogP contribution in [0.5, 0.6) is 0 Å². The van der Waals surface area contributed by atoms with Gasteiger partial charge in [-0.15, -0.1) is 0 Å². The van der Waals surface area contributed by atoms with Crippen molar-refractivity contribution in [2.24, 2.45) is 0 Å². The Morgan fingerprint density at radius 3 is 0.694 bits per heavy atom. The summed E-state index contributed by atoms with van der Waals surface area (Å²) in [6.07, 6.45) is 0. The minimum atomic E-state index is -0.935. The first-order valence-electron chi connectivity index (χ1n) is 11.2. The van der Waals surface area contributed by atoms with Crippen molar-refractivity contribution < 1.29 is 19.8 Å². The van der Waals surface area contributed by atoms with Crippen LogP contribution >= 0.6 is 0 Å². The van der Waals surface area contributed by atoms with E-state index in [0.717, 1.165) is 0 Å². The summed E-state index contributed by atoms with van der Waals surface area (Å²) in [4.78, 5) is 19.2. The zero-order valence-corrected chi connectivity index (χ0v) is 20.7. The SMILES string of the molecule is C=C(C)C(=O)O.C=C(C)C(=O)O.c1ccc(-c2ccccc2)cc1.c1ccc(-c2ccccc2)cc1. The Labute approximate surface area is 213 Å². The molecule has 4 nitrogen and oxygen atoms in total. The Hall–Kier alpha value is -4.70. The third-order valence-corrected chi connectivity index (χ3v) is 4.49. The zero-order valence-electron chi connectivity index (χ0n) is 20.7. The Morgan fingerprint density at radius 2 is 0.583 bits per heavy atom. The molecule has 184 valence electrons. The second-order valence-electron chi connectivity index (χ2n) is 7.64. The number of benzene rings is 4. The molecular weight excluding hydrogens is 448 g/mol. The lowest BCUT2D eigenvalue weighted by Crippen LogP contribution is -1.92. The fourth-order valence-corrected chi connectivity index (χ4v) is 2.52. The average Bonchev–Trinajstić information content (AvgIpc) is 2.92. The van der Waals surface area contributed by atoms with Crippen LogP contribution < -0.4 is 0 Å². The first kappa shape index (κ1) is 29.3. The number of hydrogen-bond donors (Lipinski definition) is 2. The summed E-state index contributed by atoms with van der Waals surface area (Å²) < 4.78 is 0. The first-order chi connectivity index (χ1) is 17.2. The van der Waals surface area contributed by atoms with Gasteiger partial charge >= 0.3 is 11.9 Å². The molecule has 4 aromatic carbocycles. The molecule has 0 aliphatic heterocycles. The van der Waals surface area contributed by atoms with Crippen LogP contribution in [0.15, 0.2) is 146 Å². The highest BCUT2D eigenvalue weighted by atomic mass is 16.4. The van der Waals surface area contributed by atoms with Gasteiger partial charge in [0.05, 0.1) is 0 Å². The van der Waals surface area contributed by atoms with E-state index in [9.17, 15) is 9.59 Å². The van der Waals surface area contributed by atoms with Crippen molar-refractivity contribution in [1.29, 1.82) is 0 Å². The van der Waals surface area contributed by atoms with E-state index in [-0.39, 0.29) is 11.1 Å². The molecule has 2 N–H and O–H groups in total. The van der Waals surface area contributed by atoms with E-state index in [0.29, 0.717) is 0 Å². The normalized spacial score (nSPS) is 8.94. The predicted octanol–water partition coefficient (Wildman–Crippen LogP) is 8.00. The van der Waals surface area contributed by atoms with Crippen LogP contribution in [0.3, 0.4) is 0 Å². The molecule has 0 atom stereocenters. The van der Waals surface area contributed by atoms with E-state index in [4.69, 9.17) is 10.2 Å². The minimum absolute atomic E-state index is 0.176. The summed E-state index contributed by atoms with van der Waals surface area (Å²) >= 11 is 0. The molecule has 0 aromatic heterocycles. The fraction of sp³-hybridized carbons (Fsp3) is 0.0625. The molecule has 0 heterocycles. The van der Waals surface area contributed by atoms with Gasteiger partial charge in [-0.25, -0.2) is 9.59 Å². The lowest BCUT2D eigenvalue weighted by atomic mass is 10.1. The van der Waals surface area contributed by atoms with Crippen LogP contribution in [0, 0.1) is 0 Å². The molecule has 0 aliphatic rings. The summed E-state index contributed by atoms with van der Waals surface area (Å²) in [7, 11) is 0.